The van der Waals surface area contributed by atoms with Crippen molar-refractivity contribution in [3.8, 4) is 11.7 Å². The number of sulfonamides is 1. The van der Waals surface area contributed by atoms with Crippen LogP contribution in [0.4, 0.5) is 10.6 Å². The summed E-state index contributed by atoms with van der Waals surface area (Å²) < 4.78 is 36.6. The molecular weight excluding hydrogens is 780 g/mol. The summed E-state index contributed by atoms with van der Waals surface area (Å²) in [6, 6.07) is 12.8. The zero-order valence-corrected chi connectivity index (χ0v) is 35.1. The van der Waals surface area contributed by atoms with Crippen molar-refractivity contribution >= 4 is 39.4 Å². The minimum Gasteiger partial charge on any atom is -0.477 e. The van der Waals surface area contributed by atoms with E-state index in [1.807, 2.05) is 26.0 Å². The Balaban J connectivity index is 0.924. The minimum atomic E-state index is -4.45. The smallest absolute Gasteiger partial charge is 0.407 e. The van der Waals surface area contributed by atoms with Gasteiger partial charge in [0.15, 0.2) is 10.8 Å². The fraction of sp³-hybridized carbons (Fsp3) is 0.524. The van der Waals surface area contributed by atoms with E-state index in [2.05, 4.69) is 50.9 Å². The van der Waals surface area contributed by atoms with Crippen LogP contribution in [0, 0.1) is 22.7 Å². The number of hydrogen-bond donors (Lipinski definition) is 3. The first-order valence-electron chi connectivity index (χ1n) is 20.0. The molecule has 5 heterocycles. The van der Waals surface area contributed by atoms with E-state index in [4.69, 9.17) is 16.3 Å². The number of likely N-dealkylation sites (tertiary alicyclic amines) is 1. The fourth-order valence-corrected chi connectivity index (χ4v) is 10.8. The number of hydrogen-bond acceptors (Lipinski definition) is 10. The van der Waals surface area contributed by atoms with Crippen LogP contribution in [0.3, 0.4) is 0 Å². The van der Waals surface area contributed by atoms with Gasteiger partial charge < -0.3 is 20.1 Å². The van der Waals surface area contributed by atoms with E-state index in [0.29, 0.717) is 48.5 Å². The van der Waals surface area contributed by atoms with Gasteiger partial charge in [-0.2, -0.15) is 8.42 Å². The SMILES string of the molecule is CC(C)(C)c1ccnc(C(CC[C@@H]2CN(C(=O)O)C(C)(C)C2)Nc2cccc(S(=O)(=O)NC(=O)c3ccc(-n4ccc(OCCC5C6(CC6)C56CC6)n4)nc3Cl)n2)c1. The van der Waals surface area contributed by atoms with Crippen molar-refractivity contribution in [3.63, 3.8) is 0 Å². The molecule has 8 rings (SSSR count). The molecule has 0 aromatic carbocycles. The van der Waals surface area contributed by atoms with Crippen LogP contribution in [0.25, 0.3) is 5.82 Å². The second-order valence-electron chi connectivity index (χ2n) is 18.2. The minimum absolute atomic E-state index is 0.129. The maximum Gasteiger partial charge on any atom is 0.407 e. The molecular formula is C42H51ClN8O6S. The highest BCUT2D eigenvalue weighted by atomic mass is 35.5. The molecule has 16 heteroatoms. The van der Waals surface area contributed by atoms with Crippen LogP contribution >= 0.6 is 11.6 Å². The summed E-state index contributed by atoms with van der Waals surface area (Å²) in [5, 5.41) is 17.0. The topological polar surface area (TPSA) is 182 Å². The van der Waals surface area contributed by atoms with Gasteiger partial charge in [-0.05, 0) is 135 Å². The zero-order chi connectivity index (χ0) is 41.3. The Hall–Kier alpha value is -4.76. The first-order valence-corrected chi connectivity index (χ1v) is 21.9. The van der Waals surface area contributed by atoms with Crippen molar-refractivity contribution in [2.24, 2.45) is 22.7 Å². The maximum atomic E-state index is 13.6. The first kappa shape index (κ1) is 40.0. The van der Waals surface area contributed by atoms with E-state index in [9.17, 15) is 23.1 Å². The van der Waals surface area contributed by atoms with Crippen molar-refractivity contribution in [2.45, 2.75) is 108 Å². The van der Waals surface area contributed by atoms with Crippen LogP contribution in [0.15, 0.2) is 66.0 Å². The molecule has 308 valence electrons. The molecule has 3 saturated carbocycles. The summed E-state index contributed by atoms with van der Waals surface area (Å²) >= 11 is 6.44. The van der Waals surface area contributed by atoms with Gasteiger partial charge in [0, 0.05) is 30.5 Å². The monoisotopic (exact) mass is 830 g/mol. The molecule has 1 saturated heterocycles. The van der Waals surface area contributed by atoms with Crippen molar-refractivity contribution in [3.05, 3.63) is 82.9 Å². The molecule has 4 aromatic rings. The lowest BCUT2D eigenvalue weighted by molar-refractivity contribution is 0.0980. The van der Waals surface area contributed by atoms with Crippen molar-refractivity contribution in [1.29, 1.82) is 0 Å². The van der Waals surface area contributed by atoms with Crippen molar-refractivity contribution in [1.82, 2.24) is 34.4 Å². The third-order valence-corrected chi connectivity index (χ3v) is 14.5. The van der Waals surface area contributed by atoms with E-state index in [1.54, 1.807) is 30.6 Å². The van der Waals surface area contributed by atoms with E-state index < -0.39 is 27.6 Å². The summed E-state index contributed by atoms with van der Waals surface area (Å²) in [5.41, 5.74) is 2.33. The number of carbonyl (C=O) groups is 2. The maximum absolute atomic E-state index is 13.6. The number of nitrogens with one attached hydrogen (secondary N) is 2. The predicted octanol–water partition coefficient (Wildman–Crippen LogP) is 7.80. The van der Waals surface area contributed by atoms with Crippen molar-refractivity contribution in [2.75, 3.05) is 18.5 Å². The molecule has 1 aliphatic heterocycles. The molecule has 58 heavy (non-hydrogen) atoms. The van der Waals surface area contributed by atoms with Gasteiger partial charge in [-0.25, -0.2) is 24.2 Å². The van der Waals surface area contributed by atoms with Gasteiger partial charge in [0.25, 0.3) is 15.9 Å². The van der Waals surface area contributed by atoms with E-state index in [0.717, 1.165) is 30.0 Å². The Bertz CT molecular complexity index is 2330. The van der Waals surface area contributed by atoms with Gasteiger partial charge in [0.2, 0.25) is 5.88 Å². The van der Waals surface area contributed by atoms with Crippen LogP contribution in [0.2, 0.25) is 5.15 Å². The third-order valence-electron chi connectivity index (χ3n) is 13.0. The molecule has 3 aliphatic carbocycles. The van der Waals surface area contributed by atoms with Crippen LogP contribution < -0.4 is 14.8 Å². The molecule has 3 N–H and O–H groups in total. The number of ether oxygens (including phenoxy) is 1. The second-order valence-corrected chi connectivity index (χ2v) is 20.2. The number of nitrogens with zero attached hydrogens (tertiary/aromatic N) is 6. The third kappa shape index (κ3) is 7.74. The van der Waals surface area contributed by atoms with Crippen LogP contribution in [-0.2, 0) is 15.4 Å². The fourth-order valence-electron chi connectivity index (χ4n) is 9.64. The quantitative estimate of drug-likeness (QED) is 0.106. The van der Waals surface area contributed by atoms with Gasteiger partial charge in [-0.15, -0.1) is 5.10 Å². The molecule has 0 bridgehead atoms. The zero-order valence-electron chi connectivity index (χ0n) is 33.5. The van der Waals surface area contributed by atoms with Crippen LogP contribution in [-0.4, -0.2) is 73.8 Å². The Kier molecular flexibility index (Phi) is 10.0. The number of carbonyl (C=O) groups excluding carboxylic acids is 1. The van der Waals surface area contributed by atoms with Crippen LogP contribution in [0.5, 0.6) is 5.88 Å². The van der Waals surface area contributed by atoms with Gasteiger partial charge in [-0.1, -0.05) is 38.4 Å². The van der Waals surface area contributed by atoms with Gasteiger partial charge >= 0.3 is 6.09 Å². The lowest BCUT2D eigenvalue weighted by Crippen LogP contribution is -2.41. The summed E-state index contributed by atoms with van der Waals surface area (Å²) in [5.74, 6) is 1.02. The molecule has 14 nitrogen and oxygen atoms in total. The van der Waals surface area contributed by atoms with Gasteiger partial charge in [0.05, 0.1) is 23.9 Å². The number of rotatable bonds is 14. The average Bonchev–Trinajstić information content (AvgIpc) is 4.12. The summed E-state index contributed by atoms with van der Waals surface area (Å²) in [6.45, 7) is 11.3. The average molecular weight is 831 g/mol. The number of fused-ring (bicyclic) bond motifs is 1. The second kappa shape index (κ2) is 14.5. The highest BCUT2D eigenvalue weighted by Gasteiger charge is 2.85. The summed E-state index contributed by atoms with van der Waals surface area (Å²) in [4.78, 5) is 40.1. The highest BCUT2D eigenvalue weighted by molar-refractivity contribution is 7.90. The Morgan fingerprint density at radius 1 is 1.03 bits per heavy atom. The number of amides is 2. The van der Waals surface area contributed by atoms with Gasteiger partial charge in [-0.3, -0.25) is 9.78 Å². The molecule has 0 radical (unpaired) electrons. The molecule has 4 fully saturated rings. The molecule has 2 atom stereocenters. The lowest BCUT2D eigenvalue weighted by atomic mass is 9.86. The van der Waals surface area contributed by atoms with Gasteiger partial charge in [0.1, 0.15) is 11.0 Å². The predicted molar refractivity (Wildman–Crippen MR) is 218 cm³/mol. The molecule has 1 unspecified atom stereocenters. The standard InChI is InChI=1S/C42H51ClN8O6S/c1-39(2,3)27-13-20-44-30(23-27)29(11-9-26-24-40(4,5)50(25-26)38(53)54)45-32-7-6-8-35(46-32)58(55,56)49-37(52)28-10-12-33(47-36(28)43)51-21-14-34(48-51)57-22-15-31-41(16-17-41)42(31)18-19-42/h6-8,10,12-14,20-21,23,26,29,31H,9,11,15-19,22,24-25H2,1-5H3,(H,45,46)(H,49,52)(H,53,54)/t26-,29?/m0/s1. The summed E-state index contributed by atoms with van der Waals surface area (Å²) in [7, 11) is -4.45. The lowest BCUT2D eigenvalue weighted by Gasteiger charge is -2.28. The molecule has 2 spiro atoms. The van der Waals surface area contributed by atoms with Crippen molar-refractivity contribution < 1.29 is 27.9 Å². The number of anilines is 1. The normalized spacial score (nSPS) is 20.5. The first-order chi connectivity index (χ1) is 27.4. The Labute approximate surface area is 344 Å². The van der Waals surface area contributed by atoms with Crippen LogP contribution in [0.1, 0.15) is 114 Å². The largest absolute Gasteiger partial charge is 0.477 e. The van der Waals surface area contributed by atoms with E-state index >= 15 is 0 Å². The number of halogens is 1. The van der Waals surface area contributed by atoms with E-state index in [1.165, 1.54) is 53.5 Å². The highest BCUT2D eigenvalue weighted by Crippen LogP contribution is 2.93. The summed E-state index contributed by atoms with van der Waals surface area (Å²) in [6.07, 6.45) is 11.0. The Morgan fingerprint density at radius 3 is 2.43 bits per heavy atom. The van der Waals surface area contributed by atoms with E-state index in [-0.39, 0.29) is 38.9 Å². The number of carboxylic acid groups (broad SMARTS) is 1. The Morgan fingerprint density at radius 2 is 1.78 bits per heavy atom. The molecule has 2 amide bonds. The molecule has 4 aromatic heterocycles. The number of pyridine rings is 3. The number of aromatic nitrogens is 5. The molecule has 4 aliphatic rings.